The van der Waals surface area contributed by atoms with Crippen LogP contribution >= 0.6 is 15.9 Å². The van der Waals surface area contributed by atoms with E-state index in [1.807, 2.05) is 0 Å². The summed E-state index contributed by atoms with van der Waals surface area (Å²) in [5.41, 5.74) is 2.90. The molecule has 3 rings (SSSR count). The van der Waals surface area contributed by atoms with Gasteiger partial charge in [0.05, 0.1) is 0 Å². The molecule has 1 aromatic rings. The summed E-state index contributed by atoms with van der Waals surface area (Å²) in [7, 11) is 0. The first-order valence-corrected chi connectivity index (χ1v) is 6.91. The molecule has 1 nitrogen and oxygen atoms in total. The van der Waals surface area contributed by atoms with E-state index in [1.165, 1.54) is 37.1 Å². The molecule has 1 aliphatic heterocycles. The van der Waals surface area contributed by atoms with Crippen molar-refractivity contribution in [2.75, 3.05) is 11.4 Å². The molecule has 80 valence electrons. The van der Waals surface area contributed by atoms with Crippen molar-refractivity contribution in [2.45, 2.75) is 30.6 Å². The van der Waals surface area contributed by atoms with Gasteiger partial charge in [0.25, 0.3) is 0 Å². The molecule has 1 aromatic carbocycles. The number of halogens is 1. The number of alkyl halides is 1. The van der Waals surface area contributed by atoms with Crippen molar-refractivity contribution in [3.05, 3.63) is 29.8 Å². The molecule has 1 saturated carbocycles. The van der Waals surface area contributed by atoms with Crippen LogP contribution in [0, 0.1) is 5.92 Å². The Morgan fingerprint density at radius 2 is 2.13 bits per heavy atom. The van der Waals surface area contributed by atoms with Crippen molar-refractivity contribution in [2.24, 2.45) is 5.92 Å². The molecule has 15 heavy (non-hydrogen) atoms. The number of nitrogens with zero attached hydrogens (tertiary/aromatic N) is 1. The van der Waals surface area contributed by atoms with Gasteiger partial charge in [0.15, 0.2) is 0 Å². The van der Waals surface area contributed by atoms with Gasteiger partial charge in [-0.15, -0.1) is 0 Å². The lowest BCUT2D eigenvalue weighted by Gasteiger charge is -2.30. The molecule has 0 aromatic heterocycles. The Morgan fingerprint density at radius 3 is 2.80 bits per heavy atom. The van der Waals surface area contributed by atoms with Crippen LogP contribution in [0.2, 0.25) is 0 Å². The van der Waals surface area contributed by atoms with Crippen molar-refractivity contribution >= 4 is 21.6 Å². The van der Waals surface area contributed by atoms with Gasteiger partial charge in [-0.25, -0.2) is 0 Å². The van der Waals surface area contributed by atoms with Crippen LogP contribution in [-0.2, 0) is 5.33 Å². The molecule has 2 atom stereocenters. The summed E-state index contributed by atoms with van der Waals surface area (Å²) in [4.78, 5) is 2.63. The minimum atomic E-state index is 0.829. The molecule has 2 aliphatic rings. The first kappa shape index (κ1) is 9.71. The van der Waals surface area contributed by atoms with Crippen LogP contribution < -0.4 is 4.90 Å². The summed E-state index contributed by atoms with van der Waals surface area (Å²) >= 11 is 3.58. The van der Waals surface area contributed by atoms with Gasteiger partial charge >= 0.3 is 0 Å². The minimum absolute atomic E-state index is 0.829. The van der Waals surface area contributed by atoms with E-state index in [0.29, 0.717) is 0 Å². The van der Waals surface area contributed by atoms with Crippen molar-refractivity contribution in [1.29, 1.82) is 0 Å². The normalized spacial score (nSPS) is 28.7. The predicted molar refractivity (Wildman–Crippen MR) is 67.5 cm³/mol. The van der Waals surface area contributed by atoms with Gasteiger partial charge in [0, 0.05) is 23.6 Å². The molecule has 0 N–H and O–H groups in total. The molecular formula is C13H16BrN. The number of anilines is 1. The van der Waals surface area contributed by atoms with Crippen LogP contribution in [0.5, 0.6) is 0 Å². The van der Waals surface area contributed by atoms with Gasteiger partial charge in [-0.1, -0.05) is 34.1 Å². The first-order valence-electron chi connectivity index (χ1n) is 5.79. The molecule has 0 amide bonds. The second kappa shape index (κ2) is 3.82. The van der Waals surface area contributed by atoms with Gasteiger partial charge in [-0.05, 0) is 36.8 Å². The Morgan fingerprint density at radius 1 is 1.27 bits per heavy atom. The van der Waals surface area contributed by atoms with Crippen molar-refractivity contribution in [3.8, 4) is 0 Å². The fourth-order valence-corrected chi connectivity index (χ4v) is 3.60. The topological polar surface area (TPSA) is 3.24 Å². The zero-order valence-corrected chi connectivity index (χ0v) is 10.4. The van der Waals surface area contributed by atoms with E-state index >= 15 is 0 Å². The van der Waals surface area contributed by atoms with Gasteiger partial charge in [-0.2, -0.15) is 0 Å². The summed E-state index contributed by atoms with van der Waals surface area (Å²) in [5, 5.41) is 0.969. The number of piperidine rings is 1. The van der Waals surface area contributed by atoms with Crippen molar-refractivity contribution in [1.82, 2.24) is 0 Å². The van der Waals surface area contributed by atoms with E-state index in [0.717, 1.165) is 17.3 Å². The van der Waals surface area contributed by atoms with E-state index < -0.39 is 0 Å². The summed E-state index contributed by atoms with van der Waals surface area (Å²) in [5.74, 6) is 0.971. The second-order valence-electron chi connectivity index (χ2n) is 4.75. The van der Waals surface area contributed by atoms with Crippen LogP contribution in [0.3, 0.4) is 0 Å². The average molecular weight is 266 g/mol. The Bertz CT molecular complexity index is 363. The number of hydrogen-bond acceptors (Lipinski definition) is 1. The Balaban J connectivity index is 1.92. The smallest absolute Gasteiger partial charge is 0.0409 e. The Labute approximate surface area is 99.6 Å². The summed E-state index contributed by atoms with van der Waals surface area (Å²) in [6.45, 7) is 1.29. The average Bonchev–Trinajstić information content (AvgIpc) is 2.90. The number of benzene rings is 1. The highest BCUT2D eigenvalue weighted by atomic mass is 79.9. The van der Waals surface area contributed by atoms with Gasteiger partial charge in [0.2, 0.25) is 0 Å². The van der Waals surface area contributed by atoms with Crippen LogP contribution in [0.1, 0.15) is 24.8 Å². The lowest BCUT2D eigenvalue weighted by molar-refractivity contribution is 0.553. The van der Waals surface area contributed by atoms with E-state index in [1.54, 1.807) is 0 Å². The SMILES string of the molecule is BrCc1ccccc1N1CC2CCC1C2. The van der Waals surface area contributed by atoms with Crippen LogP contribution in [-0.4, -0.2) is 12.6 Å². The highest BCUT2D eigenvalue weighted by Gasteiger charge is 2.38. The minimum Gasteiger partial charge on any atom is -0.368 e. The van der Waals surface area contributed by atoms with Gasteiger partial charge < -0.3 is 4.90 Å². The fraction of sp³-hybridized carbons (Fsp3) is 0.538. The van der Waals surface area contributed by atoms with Crippen LogP contribution in [0.25, 0.3) is 0 Å². The number of hydrogen-bond donors (Lipinski definition) is 0. The van der Waals surface area contributed by atoms with E-state index in [-0.39, 0.29) is 0 Å². The van der Waals surface area contributed by atoms with Gasteiger partial charge in [-0.3, -0.25) is 0 Å². The van der Waals surface area contributed by atoms with E-state index in [2.05, 4.69) is 45.1 Å². The molecule has 2 fully saturated rings. The standard InChI is InChI=1S/C13H16BrN/c14-8-11-3-1-2-4-13(11)15-9-10-5-6-12(15)7-10/h1-4,10,12H,5-9H2. The largest absolute Gasteiger partial charge is 0.368 e. The van der Waals surface area contributed by atoms with Gasteiger partial charge in [0.1, 0.15) is 0 Å². The number of rotatable bonds is 2. The van der Waals surface area contributed by atoms with E-state index in [4.69, 9.17) is 0 Å². The first-order chi connectivity index (χ1) is 7.38. The van der Waals surface area contributed by atoms with Crippen LogP contribution in [0.4, 0.5) is 5.69 Å². The second-order valence-corrected chi connectivity index (χ2v) is 5.31. The van der Waals surface area contributed by atoms with Crippen LogP contribution in [0.15, 0.2) is 24.3 Å². The number of fused-ring (bicyclic) bond motifs is 2. The third-order valence-corrected chi connectivity index (χ3v) is 4.46. The molecular weight excluding hydrogens is 250 g/mol. The molecule has 0 spiro atoms. The highest BCUT2D eigenvalue weighted by Crippen LogP contribution is 2.41. The maximum Gasteiger partial charge on any atom is 0.0409 e. The van der Waals surface area contributed by atoms with Crippen molar-refractivity contribution in [3.63, 3.8) is 0 Å². The molecule has 1 heterocycles. The highest BCUT2D eigenvalue weighted by molar-refractivity contribution is 9.08. The maximum atomic E-state index is 3.58. The molecule has 0 radical (unpaired) electrons. The predicted octanol–water partition coefficient (Wildman–Crippen LogP) is 3.57. The molecule has 1 aliphatic carbocycles. The van der Waals surface area contributed by atoms with Crippen molar-refractivity contribution < 1.29 is 0 Å². The maximum absolute atomic E-state index is 3.58. The third-order valence-electron chi connectivity index (χ3n) is 3.85. The lowest BCUT2D eigenvalue weighted by Crippen LogP contribution is -2.32. The molecule has 2 bridgehead atoms. The quantitative estimate of drug-likeness (QED) is 0.740. The molecule has 2 unspecified atom stereocenters. The zero-order valence-electron chi connectivity index (χ0n) is 8.82. The summed E-state index contributed by atoms with van der Waals surface area (Å²) < 4.78 is 0. The lowest BCUT2D eigenvalue weighted by atomic mass is 10.1. The third kappa shape index (κ3) is 1.59. The molecule has 2 heteroatoms. The summed E-state index contributed by atoms with van der Waals surface area (Å²) in [6, 6.07) is 9.63. The Kier molecular flexibility index (Phi) is 2.47. The Hall–Kier alpha value is -0.500. The monoisotopic (exact) mass is 265 g/mol. The molecule has 1 saturated heterocycles. The number of para-hydroxylation sites is 1. The van der Waals surface area contributed by atoms with E-state index in [9.17, 15) is 0 Å². The summed E-state index contributed by atoms with van der Waals surface area (Å²) in [6.07, 6.45) is 4.29. The fourth-order valence-electron chi connectivity index (χ4n) is 3.12. The zero-order chi connectivity index (χ0) is 10.3.